The van der Waals surface area contributed by atoms with Crippen LogP contribution in [-0.4, -0.2) is 4.98 Å². The van der Waals surface area contributed by atoms with Crippen LogP contribution in [0.1, 0.15) is 30.4 Å². The smallest absolute Gasteiger partial charge is 0.123 e. The van der Waals surface area contributed by atoms with Crippen molar-refractivity contribution in [2.75, 3.05) is 0 Å². The molecule has 0 bridgehead atoms. The van der Waals surface area contributed by atoms with E-state index in [2.05, 4.69) is 11.9 Å². The molecule has 0 amide bonds. The van der Waals surface area contributed by atoms with Gasteiger partial charge in [-0.1, -0.05) is 19.1 Å². The topological polar surface area (TPSA) is 12.9 Å². The summed E-state index contributed by atoms with van der Waals surface area (Å²) in [5, 5.41) is 0. The second-order valence-corrected chi connectivity index (χ2v) is 3.79. The van der Waals surface area contributed by atoms with Crippen molar-refractivity contribution >= 4 is 0 Å². The average Bonchev–Trinajstić information content (AvgIpc) is 2.34. The highest BCUT2D eigenvalue weighted by Crippen LogP contribution is 2.27. The Hall–Kier alpha value is -1.70. The first-order valence-electron chi connectivity index (χ1n) is 5.46. The molecule has 1 nitrogen and oxygen atoms in total. The fraction of sp³-hybridized carbons (Fsp3) is 0.214. The molecular weight excluding hydrogens is 201 g/mol. The zero-order valence-corrected chi connectivity index (χ0v) is 9.23. The Labute approximate surface area is 95.0 Å². The third-order valence-corrected chi connectivity index (χ3v) is 2.79. The molecule has 1 atom stereocenters. The molecule has 0 saturated carbocycles. The fourth-order valence-corrected chi connectivity index (χ4v) is 1.95. The maximum atomic E-state index is 12.8. The first-order chi connectivity index (χ1) is 7.81. The molecule has 2 rings (SSSR count). The molecule has 0 spiro atoms. The number of rotatable bonds is 3. The second-order valence-electron chi connectivity index (χ2n) is 3.79. The minimum Gasteiger partial charge on any atom is -0.265 e. The van der Waals surface area contributed by atoms with Gasteiger partial charge in [0.2, 0.25) is 0 Å². The molecule has 1 heterocycles. The zero-order chi connectivity index (χ0) is 11.4. The van der Waals surface area contributed by atoms with Gasteiger partial charge in [-0.3, -0.25) is 4.98 Å². The van der Waals surface area contributed by atoms with E-state index in [0.29, 0.717) is 5.92 Å². The molecule has 0 aliphatic heterocycles. The van der Waals surface area contributed by atoms with Crippen LogP contribution >= 0.6 is 0 Å². The maximum Gasteiger partial charge on any atom is 0.123 e. The van der Waals surface area contributed by atoms with E-state index in [1.807, 2.05) is 24.3 Å². The summed E-state index contributed by atoms with van der Waals surface area (Å²) in [6.07, 6.45) is 4.58. The molecule has 82 valence electrons. The van der Waals surface area contributed by atoms with Crippen molar-refractivity contribution in [2.24, 2.45) is 0 Å². The minimum absolute atomic E-state index is 0.187. The van der Waals surface area contributed by atoms with Crippen LogP contribution in [0.5, 0.6) is 0 Å². The van der Waals surface area contributed by atoms with Gasteiger partial charge in [0.15, 0.2) is 0 Å². The molecule has 0 fully saturated rings. The molecular formula is C14H14FN. The van der Waals surface area contributed by atoms with Crippen molar-refractivity contribution < 1.29 is 4.39 Å². The van der Waals surface area contributed by atoms with Crippen molar-refractivity contribution in [3.8, 4) is 0 Å². The summed E-state index contributed by atoms with van der Waals surface area (Å²) >= 11 is 0. The summed E-state index contributed by atoms with van der Waals surface area (Å²) in [4.78, 5) is 4.01. The van der Waals surface area contributed by atoms with Crippen molar-refractivity contribution in [1.82, 2.24) is 4.98 Å². The summed E-state index contributed by atoms with van der Waals surface area (Å²) in [6.45, 7) is 2.13. The van der Waals surface area contributed by atoms with E-state index in [1.165, 1.54) is 17.7 Å². The Bertz CT molecular complexity index is 436. The van der Waals surface area contributed by atoms with E-state index in [9.17, 15) is 4.39 Å². The van der Waals surface area contributed by atoms with Crippen molar-refractivity contribution in [3.05, 3.63) is 65.7 Å². The summed E-state index contributed by atoms with van der Waals surface area (Å²) in [6, 6.07) is 10.8. The highest BCUT2D eigenvalue weighted by molar-refractivity contribution is 5.31. The quantitative estimate of drug-likeness (QED) is 0.759. The van der Waals surface area contributed by atoms with Crippen LogP contribution in [0, 0.1) is 5.82 Å². The molecule has 0 N–H and O–H groups in total. The van der Waals surface area contributed by atoms with Crippen LogP contribution in [0.4, 0.5) is 4.39 Å². The van der Waals surface area contributed by atoms with Crippen LogP contribution in [0.25, 0.3) is 0 Å². The normalized spacial score (nSPS) is 12.4. The highest BCUT2D eigenvalue weighted by atomic mass is 19.1. The van der Waals surface area contributed by atoms with E-state index < -0.39 is 0 Å². The Morgan fingerprint density at radius 2 is 1.56 bits per heavy atom. The molecule has 1 aromatic carbocycles. The third-order valence-electron chi connectivity index (χ3n) is 2.79. The predicted molar refractivity (Wildman–Crippen MR) is 62.8 cm³/mol. The van der Waals surface area contributed by atoms with Gasteiger partial charge in [-0.25, -0.2) is 4.39 Å². The van der Waals surface area contributed by atoms with Crippen molar-refractivity contribution in [2.45, 2.75) is 19.3 Å². The minimum atomic E-state index is -0.187. The number of benzene rings is 1. The van der Waals surface area contributed by atoms with Crippen LogP contribution in [0.2, 0.25) is 0 Å². The average molecular weight is 215 g/mol. The van der Waals surface area contributed by atoms with E-state index in [1.54, 1.807) is 12.4 Å². The second kappa shape index (κ2) is 4.88. The molecule has 16 heavy (non-hydrogen) atoms. The van der Waals surface area contributed by atoms with Crippen LogP contribution < -0.4 is 0 Å². The van der Waals surface area contributed by atoms with Gasteiger partial charge >= 0.3 is 0 Å². The SMILES string of the molecule is CCC(c1ccncc1)c1ccc(F)cc1. The predicted octanol–water partition coefficient (Wildman–Crippen LogP) is 3.76. The fourth-order valence-electron chi connectivity index (χ4n) is 1.95. The lowest BCUT2D eigenvalue weighted by Crippen LogP contribution is -1.99. The van der Waals surface area contributed by atoms with Crippen molar-refractivity contribution in [1.29, 1.82) is 0 Å². The Morgan fingerprint density at radius 1 is 1.00 bits per heavy atom. The molecule has 2 aromatic rings. The Balaban J connectivity index is 2.33. The zero-order valence-electron chi connectivity index (χ0n) is 9.23. The number of pyridine rings is 1. The van der Waals surface area contributed by atoms with Gasteiger partial charge < -0.3 is 0 Å². The number of nitrogens with zero attached hydrogens (tertiary/aromatic N) is 1. The summed E-state index contributed by atoms with van der Waals surface area (Å²) in [5.74, 6) is 0.136. The molecule has 0 radical (unpaired) electrons. The van der Waals surface area contributed by atoms with Gasteiger partial charge in [-0.2, -0.15) is 0 Å². The first kappa shape index (κ1) is 10.8. The van der Waals surface area contributed by atoms with Gasteiger partial charge in [-0.05, 0) is 41.8 Å². The van der Waals surface area contributed by atoms with Crippen LogP contribution in [0.15, 0.2) is 48.8 Å². The number of aromatic nitrogens is 1. The lowest BCUT2D eigenvalue weighted by Gasteiger charge is -2.15. The van der Waals surface area contributed by atoms with Gasteiger partial charge in [0.25, 0.3) is 0 Å². The third kappa shape index (κ3) is 2.27. The largest absolute Gasteiger partial charge is 0.265 e. The van der Waals surface area contributed by atoms with Gasteiger partial charge in [0, 0.05) is 18.3 Å². The van der Waals surface area contributed by atoms with Gasteiger partial charge in [0.1, 0.15) is 5.82 Å². The lowest BCUT2D eigenvalue weighted by molar-refractivity contribution is 0.625. The van der Waals surface area contributed by atoms with E-state index >= 15 is 0 Å². The molecule has 1 unspecified atom stereocenters. The molecule has 1 aromatic heterocycles. The molecule has 2 heteroatoms. The Kier molecular flexibility index (Phi) is 3.30. The number of halogens is 1. The van der Waals surface area contributed by atoms with Crippen molar-refractivity contribution in [3.63, 3.8) is 0 Å². The maximum absolute atomic E-state index is 12.8. The molecule has 0 saturated heterocycles. The summed E-state index contributed by atoms with van der Waals surface area (Å²) in [5.41, 5.74) is 2.37. The van der Waals surface area contributed by atoms with Gasteiger partial charge in [0.05, 0.1) is 0 Å². The first-order valence-corrected chi connectivity index (χ1v) is 5.46. The highest BCUT2D eigenvalue weighted by Gasteiger charge is 2.11. The summed E-state index contributed by atoms with van der Waals surface area (Å²) < 4.78 is 12.8. The monoisotopic (exact) mass is 215 g/mol. The van der Waals surface area contributed by atoms with E-state index in [0.717, 1.165) is 12.0 Å². The van der Waals surface area contributed by atoms with E-state index in [-0.39, 0.29) is 5.82 Å². The number of hydrogen-bond acceptors (Lipinski definition) is 1. The summed E-state index contributed by atoms with van der Waals surface area (Å²) in [7, 11) is 0. The van der Waals surface area contributed by atoms with Gasteiger partial charge in [-0.15, -0.1) is 0 Å². The molecule has 0 aliphatic carbocycles. The lowest BCUT2D eigenvalue weighted by atomic mass is 9.90. The number of hydrogen-bond donors (Lipinski definition) is 0. The molecule has 0 aliphatic rings. The standard InChI is InChI=1S/C14H14FN/c1-2-14(12-7-9-16-10-8-12)11-3-5-13(15)6-4-11/h3-10,14H,2H2,1H3. The van der Waals surface area contributed by atoms with E-state index in [4.69, 9.17) is 0 Å². The van der Waals surface area contributed by atoms with Crippen LogP contribution in [0.3, 0.4) is 0 Å². The Morgan fingerprint density at radius 3 is 2.12 bits per heavy atom. The van der Waals surface area contributed by atoms with Crippen LogP contribution in [-0.2, 0) is 0 Å².